The first kappa shape index (κ1) is 15.3. The summed E-state index contributed by atoms with van der Waals surface area (Å²) in [5, 5.41) is 2.80. The SMILES string of the molecule is C=C(C)Cn1cncc1[C@@H](C)NC(=O)OC(C)(C)C. The summed E-state index contributed by atoms with van der Waals surface area (Å²) in [5.41, 5.74) is 1.46. The van der Waals surface area contributed by atoms with Crippen LogP contribution in [0.3, 0.4) is 0 Å². The van der Waals surface area contributed by atoms with E-state index in [9.17, 15) is 4.79 Å². The second kappa shape index (κ2) is 5.91. The van der Waals surface area contributed by atoms with Crippen molar-refractivity contribution in [3.8, 4) is 0 Å². The molecule has 1 aromatic heterocycles. The van der Waals surface area contributed by atoms with Gasteiger partial charge < -0.3 is 14.6 Å². The van der Waals surface area contributed by atoms with Crippen LogP contribution in [0, 0.1) is 0 Å². The zero-order valence-corrected chi connectivity index (χ0v) is 12.4. The van der Waals surface area contributed by atoms with Gasteiger partial charge in [0.25, 0.3) is 0 Å². The molecule has 1 rings (SSSR count). The van der Waals surface area contributed by atoms with E-state index in [1.807, 2.05) is 39.2 Å². The van der Waals surface area contributed by atoms with Crippen molar-refractivity contribution < 1.29 is 9.53 Å². The molecule has 0 aliphatic heterocycles. The van der Waals surface area contributed by atoms with Crippen molar-refractivity contribution in [3.05, 3.63) is 30.4 Å². The summed E-state index contributed by atoms with van der Waals surface area (Å²) in [6.07, 6.45) is 3.05. The second-order valence-electron chi connectivity index (χ2n) is 5.77. The van der Waals surface area contributed by atoms with Crippen LogP contribution in [0.1, 0.15) is 46.4 Å². The number of allylic oxidation sites excluding steroid dienone is 1. The van der Waals surface area contributed by atoms with E-state index in [1.54, 1.807) is 12.5 Å². The van der Waals surface area contributed by atoms with Gasteiger partial charge in [-0.25, -0.2) is 9.78 Å². The lowest BCUT2D eigenvalue weighted by atomic mass is 10.2. The van der Waals surface area contributed by atoms with Crippen molar-refractivity contribution >= 4 is 6.09 Å². The number of hydrogen-bond donors (Lipinski definition) is 1. The van der Waals surface area contributed by atoms with Gasteiger partial charge in [0.05, 0.1) is 24.3 Å². The molecule has 1 amide bonds. The highest BCUT2D eigenvalue weighted by atomic mass is 16.6. The van der Waals surface area contributed by atoms with E-state index in [0.29, 0.717) is 6.54 Å². The summed E-state index contributed by atoms with van der Waals surface area (Å²) in [5.74, 6) is 0. The van der Waals surface area contributed by atoms with Crippen molar-refractivity contribution in [1.82, 2.24) is 14.9 Å². The lowest BCUT2D eigenvalue weighted by Crippen LogP contribution is -2.34. The van der Waals surface area contributed by atoms with Gasteiger partial charge in [-0.3, -0.25) is 0 Å². The van der Waals surface area contributed by atoms with Crippen LogP contribution in [0.4, 0.5) is 4.79 Å². The van der Waals surface area contributed by atoms with Gasteiger partial charge in [-0.2, -0.15) is 0 Å². The van der Waals surface area contributed by atoms with Crippen LogP contribution in [0.25, 0.3) is 0 Å². The Hall–Kier alpha value is -1.78. The van der Waals surface area contributed by atoms with E-state index >= 15 is 0 Å². The molecule has 0 saturated heterocycles. The summed E-state index contributed by atoms with van der Waals surface area (Å²) in [6, 6.07) is -0.170. The van der Waals surface area contributed by atoms with E-state index in [4.69, 9.17) is 4.74 Å². The molecule has 0 fully saturated rings. The minimum absolute atomic E-state index is 0.170. The van der Waals surface area contributed by atoms with Crippen LogP contribution in [0.5, 0.6) is 0 Å². The molecular weight excluding hydrogens is 242 g/mol. The quantitative estimate of drug-likeness (QED) is 0.851. The molecule has 0 saturated carbocycles. The second-order valence-corrected chi connectivity index (χ2v) is 5.77. The monoisotopic (exact) mass is 265 g/mol. The van der Waals surface area contributed by atoms with Gasteiger partial charge in [0, 0.05) is 6.54 Å². The lowest BCUT2D eigenvalue weighted by Gasteiger charge is -2.22. The highest BCUT2D eigenvalue weighted by Gasteiger charge is 2.19. The van der Waals surface area contributed by atoms with Gasteiger partial charge >= 0.3 is 6.09 Å². The summed E-state index contributed by atoms with van der Waals surface area (Å²) < 4.78 is 7.19. The molecule has 0 bridgehead atoms. The smallest absolute Gasteiger partial charge is 0.408 e. The van der Waals surface area contributed by atoms with Crippen molar-refractivity contribution in [2.75, 3.05) is 0 Å². The number of rotatable bonds is 4. The van der Waals surface area contributed by atoms with Gasteiger partial charge in [0.1, 0.15) is 5.60 Å². The third-order valence-electron chi connectivity index (χ3n) is 2.36. The molecule has 0 aliphatic carbocycles. The first-order valence-electron chi connectivity index (χ1n) is 6.33. The maximum absolute atomic E-state index is 11.7. The Morgan fingerprint density at radius 2 is 2.21 bits per heavy atom. The fourth-order valence-corrected chi connectivity index (χ4v) is 1.67. The lowest BCUT2D eigenvalue weighted by molar-refractivity contribution is 0.0506. The van der Waals surface area contributed by atoms with Gasteiger partial charge in [-0.05, 0) is 34.6 Å². The number of imidazole rings is 1. The van der Waals surface area contributed by atoms with Crippen LogP contribution in [0.15, 0.2) is 24.7 Å². The topological polar surface area (TPSA) is 56.2 Å². The van der Waals surface area contributed by atoms with Crippen LogP contribution < -0.4 is 5.32 Å². The molecule has 5 nitrogen and oxygen atoms in total. The first-order valence-corrected chi connectivity index (χ1v) is 6.33. The van der Waals surface area contributed by atoms with E-state index in [0.717, 1.165) is 11.3 Å². The zero-order chi connectivity index (χ0) is 14.6. The minimum Gasteiger partial charge on any atom is -0.444 e. The zero-order valence-electron chi connectivity index (χ0n) is 12.4. The Kier molecular flexibility index (Phi) is 4.75. The molecule has 106 valence electrons. The van der Waals surface area contributed by atoms with Crippen LogP contribution in [-0.4, -0.2) is 21.2 Å². The molecular formula is C14H23N3O2. The number of nitrogens with one attached hydrogen (secondary N) is 1. The Morgan fingerprint density at radius 1 is 1.58 bits per heavy atom. The number of ether oxygens (including phenoxy) is 1. The third kappa shape index (κ3) is 5.16. The van der Waals surface area contributed by atoms with Gasteiger partial charge in [-0.15, -0.1) is 0 Å². The predicted octanol–water partition coefficient (Wildman–Crippen LogP) is 3.04. The number of amides is 1. The summed E-state index contributed by atoms with van der Waals surface area (Å²) in [4.78, 5) is 15.8. The highest BCUT2D eigenvalue weighted by Crippen LogP contribution is 2.14. The summed E-state index contributed by atoms with van der Waals surface area (Å²) in [7, 11) is 0. The molecule has 1 aromatic rings. The molecule has 0 unspecified atom stereocenters. The molecule has 1 N–H and O–H groups in total. The molecule has 5 heteroatoms. The van der Waals surface area contributed by atoms with E-state index in [2.05, 4.69) is 16.9 Å². The highest BCUT2D eigenvalue weighted by molar-refractivity contribution is 5.68. The molecule has 1 atom stereocenters. The van der Waals surface area contributed by atoms with E-state index < -0.39 is 11.7 Å². The van der Waals surface area contributed by atoms with Crippen molar-refractivity contribution in [3.63, 3.8) is 0 Å². The Morgan fingerprint density at radius 3 is 2.74 bits per heavy atom. The molecule has 19 heavy (non-hydrogen) atoms. The number of carbonyl (C=O) groups excluding carboxylic acids is 1. The average molecular weight is 265 g/mol. The van der Waals surface area contributed by atoms with E-state index in [-0.39, 0.29) is 6.04 Å². The van der Waals surface area contributed by atoms with Crippen LogP contribution in [0.2, 0.25) is 0 Å². The molecule has 0 aliphatic rings. The number of carbonyl (C=O) groups is 1. The fraction of sp³-hybridized carbons (Fsp3) is 0.571. The maximum atomic E-state index is 11.7. The number of hydrogen-bond acceptors (Lipinski definition) is 3. The number of nitrogens with zero attached hydrogens (tertiary/aromatic N) is 2. The molecule has 0 aromatic carbocycles. The number of aromatic nitrogens is 2. The van der Waals surface area contributed by atoms with Crippen molar-refractivity contribution in [2.45, 2.75) is 52.8 Å². The molecule has 1 heterocycles. The van der Waals surface area contributed by atoms with Crippen LogP contribution in [-0.2, 0) is 11.3 Å². The summed E-state index contributed by atoms with van der Waals surface area (Å²) >= 11 is 0. The normalized spacial score (nSPS) is 12.9. The maximum Gasteiger partial charge on any atom is 0.408 e. The minimum atomic E-state index is -0.498. The van der Waals surface area contributed by atoms with Gasteiger partial charge in [0.15, 0.2) is 0 Å². The first-order chi connectivity index (χ1) is 8.69. The Bertz CT molecular complexity index is 458. The molecule has 0 spiro atoms. The standard InChI is InChI=1S/C14H23N3O2/c1-10(2)8-17-9-15-7-12(17)11(3)16-13(18)19-14(4,5)6/h7,9,11H,1,8H2,2-6H3,(H,16,18)/t11-/m1/s1. The predicted molar refractivity (Wildman–Crippen MR) is 74.8 cm³/mol. The fourth-order valence-electron chi connectivity index (χ4n) is 1.67. The van der Waals surface area contributed by atoms with Crippen LogP contribution >= 0.6 is 0 Å². The Labute approximate surface area is 114 Å². The summed E-state index contributed by atoms with van der Waals surface area (Å²) in [6.45, 7) is 13.9. The van der Waals surface area contributed by atoms with Gasteiger partial charge in [0.2, 0.25) is 0 Å². The largest absolute Gasteiger partial charge is 0.444 e. The van der Waals surface area contributed by atoms with Gasteiger partial charge in [-0.1, -0.05) is 12.2 Å². The Balaban J connectivity index is 2.68. The van der Waals surface area contributed by atoms with E-state index in [1.165, 1.54) is 0 Å². The molecule has 0 radical (unpaired) electrons. The van der Waals surface area contributed by atoms with Crippen molar-refractivity contribution in [2.24, 2.45) is 0 Å². The number of alkyl carbamates (subject to hydrolysis) is 1. The third-order valence-corrected chi connectivity index (χ3v) is 2.36. The average Bonchev–Trinajstić information content (AvgIpc) is 2.61. The van der Waals surface area contributed by atoms with Crippen molar-refractivity contribution in [1.29, 1.82) is 0 Å².